The van der Waals surface area contributed by atoms with E-state index in [-0.39, 0.29) is 0 Å². The Morgan fingerprint density at radius 2 is 2.43 bits per heavy atom. The molecule has 0 spiro atoms. The lowest BCUT2D eigenvalue weighted by atomic mass is 9.90. The van der Waals surface area contributed by atoms with Gasteiger partial charge in [0.25, 0.3) is 0 Å². The Kier molecular flexibility index (Phi) is 5.62. The van der Waals surface area contributed by atoms with Gasteiger partial charge < -0.3 is 4.74 Å². The fourth-order valence-corrected chi connectivity index (χ4v) is 1.71. The maximum atomic E-state index is 5.56. The van der Waals surface area contributed by atoms with Crippen molar-refractivity contribution in [3.63, 3.8) is 0 Å². The van der Waals surface area contributed by atoms with Crippen LogP contribution >= 0.6 is 0 Å². The van der Waals surface area contributed by atoms with Gasteiger partial charge in [-0.05, 0) is 37.2 Å². The summed E-state index contributed by atoms with van der Waals surface area (Å²) in [4.78, 5) is 0. The molecular weight excluding hydrogens is 172 g/mol. The lowest BCUT2D eigenvalue weighted by Crippen LogP contribution is -2.09. The molecule has 14 heavy (non-hydrogen) atoms. The Labute approximate surface area is 87.8 Å². The highest BCUT2D eigenvalue weighted by atomic mass is 16.5. The monoisotopic (exact) mass is 194 g/mol. The van der Waals surface area contributed by atoms with Gasteiger partial charge in [0.2, 0.25) is 0 Å². The van der Waals surface area contributed by atoms with E-state index in [1.54, 1.807) is 0 Å². The smallest absolute Gasteiger partial charge is 0.0679 e. The highest BCUT2D eigenvalue weighted by Crippen LogP contribution is 2.23. The molecule has 1 rings (SSSR count). The van der Waals surface area contributed by atoms with Crippen molar-refractivity contribution in [2.24, 2.45) is 5.92 Å². The first-order valence-electron chi connectivity index (χ1n) is 5.76. The van der Waals surface area contributed by atoms with E-state index < -0.39 is 0 Å². The number of hydrogen-bond donors (Lipinski definition) is 0. The summed E-state index contributed by atoms with van der Waals surface area (Å²) in [6.07, 6.45) is 10.7. The van der Waals surface area contributed by atoms with Crippen molar-refractivity contribution < 1.29 is 4.74 Å². The normalized spacial score (nSPS) is 21.1. The molecule has 1 heteroatoms. The van der Waals surface area contributed by atoms with Crippen molar-refractivity contribution in [1.29, 1.82) is 0 Å². The molecule has 80 valence electrons. The van der Waals surface area contributed by atoms with Crippen molar-refractivity contribution in [2.75, 3.05) is 13.2 Å². The van der Waals surface area contributed by atoms with Crippen LogP contribution in [0.4, 0.5) is 0 Å². The molecule has 0 saturated heterocycles. The molecule has 0 N–H and O–H groups in total. The van der Waals surface area contributed by atoms with Crippen molar-refractivity contribution in [3.05, 3.63) is 24.3 Å². The minimum Gasteiger partial charge on any atom is -0.377 e. The lowest BCUT2D eigenvalue weighted by Gasteiger charge is -2.18. The minimum atomic E-state index is 0.574. The molecule has 0 amide bonds. The van der Waals surface area contributed by atoms with Crippen molar-refractivity contribution in [1.82, 2.24) is 0 Å². The Morgan fingerprint density at radius 1 is 1.57 bits per heavy atom. The quantitative estimate of drug-likeness (QED) is 0.462. The summed E-state index contributed by atoms with van der Waals surface area (Å²) in [5, 5.41) is 0. The average Bonchev–Trinajstić information content (AvgIpc) is 2.25. The SMILES string of the molecule is C=C(COCCCC)C1C=CCCC1. The summed E-state index contributed by atoms with van der Waals surface area (Å²) < 4.78 is 5.56. The third-order valence-electron chi connectivity index (χ3n) is 2.71. The van der Waals surface area contributed by atoms with Crippen LogP contribution in [0.5, 0.6) is 0 Å². The second-order valence-corrected chi connectivity index (χ2v) is 4.03. The van der Waals surface area contributed by atoms with Crippen LogP contribution in [0.2, 0.25) is 0 Å². The Hall–Kier alpha value is -0.560. The van der Waals surface area contributed by atoms with Gasteiger partial charge in [-0.2, -0.15) is 0 Å². The molecule has 0 radical (unpaired) electrons. The zero-order chi connectivity index (χ0) is 10.2. The van der Waals surface area contributed by atoms with Crippen LogP contribution < -0.4 is 0 Å². The number of unbranched alkanes of at least 4 members (excludes halogenated alkanes) is 1. The van der Waals surface area contributed by atoms with E-state index >= 15 is 0 Å². The second-order valence-electron chi connectivity index (χ2n) is 4.03. The van der Waals surface area contributed by atoms with E-state index in [0.717, 1.165) is 19.6 Å². The Bertz CT molecular complexity index is 193. The summed E-state index contributed by atoms with van der Waals surface area (Å²) in [6.45, 7) is 7.91. The minimum absolute atomic E-state index is 0.574. The predicted octanol–water partition coefficient (Wildman–Crippen LogP) is 3.72. The molecule has 1 aliphatic carbocycles. The predicted molar refractivity (Wildman–Crippen MR) is 61.3 cm³/mol. The molecule has 0 saturated carbocycles. The molecule has 0 aromatic carbocycles. The van der Waals surface area contributed by atoms with Gasteiger partial charge in [0.15, 0.2) is 0 Å². The fourth-order valence-electron chi connectivity index (χ4n) is 1.71. The lowest BCUT2D eigenvalue weighted by molar-refractivity contribution is 0.148. The number of rotatable bonds is 6. The van der Waals surface area contributed by atoms with Crippen molar-refractivity contribution >= 4 is 0 Å². The zero-order valence-corrected chi connectivity index (χ0v) is 9.30. The zero-order valence-electron chi connectivity index (χ0n) is 9.30. The molecule has 0 aliphatic heterocycles. The van der Waals surface area contributed by atoms with Gasteiger partial charge in [-0.15, -0.1) is 0 Å². The van der Waals surface area contributed by atoms with Crippen LogP contribution in [0.1, 0.15) is 39.0 Å². The number of hydrogen-bond acceptors (Lipinski definition) is 1. The molecule has 0 bridgehead atoms. The molecule has 1 atom stereocenters. The maximum Gasteiger partial charge on any atom is 0.0679 e. The summed E-state index contributed by atoms with van der Waals surface area (Å²) in [7, 11) is 0. The third kappa shape index (κ3) is 4.10. The summed E-state index contributed by atoms with van der Waals surface area (Å²) >= 11 is 0. The Balaban J connectivity index is 2.14. The van der Waals surface area contributed by atoms with Crippen molar-refractivity contribution in [3.8, 4) is 0 Å². The molecular formula is C13H22O. The van der Waals surface area contributed by atoms with E-state index in [2.05, 4.69) is 25.7 Å². The van der Waals surface area contributed by atoms with Crippen LogP contribution in [0.3, 0.4) is 0 Å². The van der Waals surface area contributed by atoms with E-state index in [1.807, 2.05) is 0 Å². The van der Waals surface area contributed by atoms with E-state index in [9.17, 15) is 0 Å². The van der Waals surface area contributed by atoms with Gasteiger partial charge in [-0.1, -0.05) is 32.1 Å². The first-order chi connectivity index (χ1) is 6.84. The van der Waals surface area contributed by atoms with E-state index in [4.69, 9.17) is 4.74 Å². The van der Waals surface area contributed by atoms with Gasteiger partial charge in [0.05, 0.1) is 6.61 Å². The maximum absolute atomic E-state index is 5.56. The largest absolute Gasteiger partial charge is 0.377 e. The highest BCUT2D eigenvalue weighted by molar-refractivity contribution is 5.11. The van der Waals surface area contributed by atoms with Crippen LogP contribution in [-0.4, -0.2) is 13.2 Å². The standard InChI is InChI=1S/C13H22O/c1-3-4-10-14-11-12(2)13-8-6-5-7-9-13/h6,8,13H,2-5,7,9-11H2,1H3. The number of allylic oxidation sites excluding steroid dienone is 2. The number of ether oxygens (including phenoxy) is 1. The van der Waals surface area contributed by atoms with Gasteiger partial charge in [-0.25, -0.2) is 0 Å². The Morgan fingerprint density at radius 3 is 3.07 bits per heavy atom. The van der Waals surface area contributed by atoms with Crippen molar-refractivity contribution in [2.45, 2.75) is 39.0 Å². The van der Waals surface area contributed by atoms with E-state index in [1.165, 1.54) is 31.3 Å². The first kappa shape index (κ1) is 11.5. The van der Waals surface area contributed by atoms with Gasteiger partial charge >= 0.3 is 0 Å². The van der Waals surface area contributed by atoms with Crippen LogP contribution in [0.25, 0.3) is 0 Å². The molecule has 1 aliphatic rings. The van der Waals surface area contributed by atoms with Gasteiger partial charge in [-0.3, -0.25) is 0 Å². The molecule has 0 aromatic heterocycles. The first-order valence-corrected chi connectivity index (χ1v) is 5.76. The summed E-state index contributed by atoms with van der Waals surface area (Å²) in [6, 6.07) is 0. The molecule has 0 heterocycles. The van der Waals surface area contributed by atoms with Crippen LogP contribution in [0.15, 0.2) is 24.3 Å². The van der Waals surface area contributed by atoms with Gasteiger partial charge in [0, 0.05) is 6.61 Å². The van der Waals surface area contributed by atoms with E-state index in [0.29, 0.717) is 5.92 Å². The molecule has 0 fully saturated rings. The molecule has 1 unspecified atom stereocenters. The molecule has 0 aromatic rings. The van der Waals surface area contributed by atoms with Crippen LogP contribution in [0, 0.1) is 5.92 Å². The third-order valence-corrected chi connectivity index (χ3v) is 2.71. The average molecular weight is 194 g/mol. The highest BCUT2D eigenvalue weighted by Gasteiger charge is 2.11. The summed E-state index contributed by atoms with van der Waals surface area (Å²) in [5.41, 5.74) is 1.25. The van der Waals surface area contributed by atoms with Crippen LogP contribution in [-0.2, 0) is 4.74 Å². The van der Waals surface area contributed by atoms with Gasteiger partial charge in [0.1, 0.15) is 0 Å². The fraction of sp³-hybridized carbons (Fsp3) is 0.692. The summed E-state index contributed by atoms with van der Waals surface area (Å²) in [5.74, 6) is 0.574. The topological polar surface area (TPSA) is 9.23 Å². The molecule has 1 nitrogen and oxygen atoms in total. The second kappa shape index (κ2) is 6.83.